The summed E-state index contributed by atoms with van der Waals surface area (Å²) in [6, 6.07) is 25.0. The van der Waals surface area contributed by atoms with Gasteiger partial charge in [0.05, 0.1) is 42.6 Å². The van der Waals surface area contributed by atoms with Gasteiger partial charge in [0.15, 0.2) is 22.7 Å². The van der Waals surface area contributed by atoms with Crippen molar-refractivity contribution >= 4 is 45.1 Å². The zero-order chi connectivity index (χ0) is 35.2. The number of anilines is 2. The Morgan fingerprint density at radius 3 is 2.34 bits per heavy atom. The first-order valence-corrected chi connectivity index (χ1v) is 16.5. The Labute approximate surface area is 289 Å². The van der Waals surface area contributed by atoms with Crippen LogP contribution in [0.5, 0.6) is 11.5 Å². The largest absolute Gasteiger partial charge is 0.493 e. The summed E-state index contributed by atoms with van der Waals surface area (Å²) in [5, 5.41) is 11.6. The third kappa shape index (κ3) is 7.37. The van der Waals surface area contributed by atoms with E-state index in [1.54, 1.807) is 24.3 Å². The van der Waals surface area contributed by atoms with Crippen molar-refractivity contribution in [2.24, 2.45) is 0 Å². The number of ether oxygens (including phenoxy) is 2. The van der Waals surface area contributed by atoms with Crippen LogP contribution < -0.4 is 25.5 Å². The highest BCUT2D eigenvalue weighted by atomic mass is 16.5. The van der Waals surface area contributed by atoms with E-state index < -0.39 is 11.8 Å². The van der Waals surface area contributed by atoms with Crippen molar-refractivity contribution in [2.75, 3.05) is 37.9 Å². The van der Waals surface area contributed by atoms with Gasteiger partial charge in [0, 0.05) is 42.8 Å². The van der Waals surface area contributed by atoms with Gasteiger partial charge in [-0.05, 0) is 73.5 Å². The SMILES string of the molecule is CCN(CCc1ccc(NC(=O)c2cc(OC)c(OC)cc2NC(=O)c2cc(=O)c3ccccc3o2)cc1)Cc1ccc2c(cnn2CC)c1. The van der Waals surface area contributed by atoms with Gasteiger partial charge in [-0.15, -0.1) is 0 Å². The number of nitrogens with zero attached hydrogens (tertiary/aromatic N) is 3. The molecule has 0 radical (unpaired) electrons. The number of hydrogen-bond donors (Lipinski definition) is 2. The Morgan fingerprint density at radius 1 is 0.860 bits per heavy atom. The third-order valence-corrected chi connectivity index (χ3v) is 8.66. The average molecular weight is 674 g/mol. The number of methoxy groups -OCH3 is 2. The summed E-state index contributed by atoms with van der Waals surface area (Å²) in [5.74, 6) is -0.768. The van der Waals surface area contributed by atoms with Crippen LogP contribution >= 0.6 is 0 Å². The van der Waals surface area contributed by atoms with Crippen LogP contribution in [0.1, 0.15) is 45.9 Å². The first kappa shape index (κ1) is 33.9. The minimum absolute atomic E-state index is 0.127. The molecule has 2 N–H and O–H groups in total. The van der Waals surface area contributed by atoms with E-state index in [9.17, 15) is 14.4 Å². The smallest absolute Gasteiger partial charge is 0.291 e. The lowest BCUT2D eigenvalue weighted by atomic mass is 10.1. The first-order chi connectivity index (χ1) is 24.3. The topological polar surface area (TPSA) is 128 Å². The second-order valence-electron chi connectivity index (χ2n) is 11.8. The molecule has 2 heterocycles. The van der Waals surface area contributed by atoms with Gasteiger partial charge in [-0.1, -0.05) is 37.3 Å². The highest BCUT2D eigenvalue weighted by Crippen LogP contribution is 2.34. The van der Waals surface area contributed by atoms with Crippen molar-refractivity contribution < 1.29 is 23.5 Å². The minimum atomic E-state index is -0.701. The number of carbonyl (C=O) groups excluding carboxylic acids is 2. The Morgan fingerprint density at radius 2 is 1.60 bits per heavy atom. The standard InChI is InChI=1S/C39H39N5O6/c1-5-43(24-26-13-16-32-27(19-26)23-40-44(32)6-2)18-17-25-11-14-28(15-12-25)41-38(46)30-20-35(48-3)36(49-4)21-31(30)42-39(47)37-22-33(45)29-9-7-8-10-34(29)50-37/h7-16,19-23H,5-6,17-18,24H2,1-4H3,(H,41,46)(H,42,47). The summed E-state index contributed by atoms with van der Waals surface area (Å²) >= 11 is 0. The fraction of sp³-hybridized carbons (Fsp3) is 0.231. The number of carbonyl (C=O) groups is 2. The number of aryl methyl sites for hydroxylation is 1. The second-order valence-corrected chi connectivity index (χ2v) is 11.8. The molecular weight excluding hydrogens is 634 g/mol. The molecule has 11 nitrogen and oxygen atoms in total. The molecule has 4 aromatic carbocycles. The maximum atomic E-state index is 13.6. The van der Waals surface area contributed by atoms with Crippen LogP contribution in [0.15, 0.2) is 100 Å². The number of benzene rings is 4. The summed E-state index contributed by atoms with van der Waals surface area (Å²) in [7, 11) is 2.91. The van der Waals surface area contributed by atoms with Gasteiger partial charge in [-0.25, -0.2) is 0 Å². The molecule has 0 unspecified atom stereocenters. The summed E-state index contributed by atoms with van der Waals surface area (Å²) in [6.45, 7) is 7.73. The molecule has 0 saturated carbocycles. The van der Waals surface area contributed by atoms with Gasteiger partial charge >= 0.3 is 0 Å². The lowest BCUT2D eigenvalue weighted by Crippen LogP contribution is -2.25. The molecule has 11 heteroatoms. The zero-order valence-electron chi connectivity index (χ0n) is 28.5. The Bertz CT molecular complexity index is 2220. The van der Waals surface area contributed by atoms with Gasteiger partial charge in [0.25, 0.3) is 11.8 Å². The number of amides is 2. The van der Waals surface area contributed by atoms with Crippen molar-refractivity contribution in [3.8, 4) is 11.5 Å². The van der Waals surface area contributed by atoms with Crippen molar-refractivity contribution in [2.45, 2.75) is 33.4 Å². The zero-order valence-corrected chi connectivity index (χ0v) is 28.5. The number of likely N-dealkylation sites (N-methyl/N-ethyl adjacent to an activating group) is 1. The van der Waals surface area contributed by atoms with Gasteiger partial charge in [0.2, 0.25) is 0 Å². The van der Waals surface area contributed by atoms with E-state index in [0.29, 0.717) is 22.6 Å². The summed E-state index contributed by atoms with van der Waals surface area (Å²) in [5.41, 5.74) is 4.31. The summed E-state index contributed by atoms with van der Waals surface area (Å²) < 4.78 is 18.6. The highest BCUT2D eigenvalue weighted by molar-refractivity contribution is 6.12. The molecule has 6 aromatic rings. The number of hydrogen-bond acceptors (Lipinski definition) is 8. The van der Waals surface area contributed by atoms with Crippen LogP contribution in [0.3, 0.4) is 0 Å². The summed E-state index contributed by atoms with van der Waals surface area (Å²) in [4.78, 5) is 41.9. The average Bonchev–Trinajstić information content (AvgIpc) is 3.56. The Hall–Kier alpha value is -5.94. The third-order valence-electron chi connectivity index (χ3n) is 8.66. The van der Waals surface area contributed by atoms with E-state index in [-0.39, 0.29) is 28.0 Å². The lowest BCUT2D eigenvalue weighted by Gasteiger charge is -2.20. The maximum absolute atomic E-state index is 13.6. The van der Waals surface area contributed by atoms with Crippen molar-refractivity contribution in [1.82, 2.24) is 14.7 Å². The number of fused-ring (bicyclic) bond motifs is 2. The molecule has 0 fully saturated rings. The minimum Gasteiger partial charge on any atom is -0.493 e. The first-order valence-electron chi connectivity index (χ1n) is 16.5. The van der Waals surface area contributed by atoms with E-state index in [1.165, 1.54) is 31.9 Å². The summed E-state index contributed by atoms with van der Waals surface area (Å²) in [6.07, 6.45) is 2.77. The Balaban J connectivity index is 1.13. The van der Waals surface area contributed by atoms with Gasteiger partial charge in [-0.2, -0.15) is 5.10 Å². The van der Waals surface area contributed by atoms with E-state index in [0.717, 1.165) is 55.1 Å². The second kappa shape index (κ2) is 15.1. The van der Waals surface area contributed by atoms with Crippen LogP contribution in [0.25, 0.3) is 21.9 Å². The van der Waals surface area contributed by atoms with Crippen LogP contribution in [0, 0.1) is 0 Å². The Kier molecular flexibility index (Phi) is 10.2. The molecule has 0 bridgehead atoms. The van der Waals surface area contributed by atoms with Crippen molar-refractivity contribution in [3.63, 3.8) is 0 Å². The molecule has 50 heavy (non-hydrogen) atoms. The molecule has 6 rings (SSSR count). The van der Waals surface area contributed by atoms with Crippen LogP contribution in [0.4, 0.5) is 11.4 Å². The quantitative estimate of drug-likeness (QED) is 0.138. The number of nitrogens with one attached hydrogen (secondary N) is 2. The van der Waals surface area contributed by atoms with Crippen LogP contribution in [-0.4, -0.2) is 53.8 Å². The van der Waals surface area contributed by atoms with Gasteiger partial charge in [-0.3, -0.25) is 24.0 Å². The lowest BCUT2D eigenvalue weighted by molar-refractivity contribution is 0.0997. The van der Waals surface area contributed by atoms with Crippen molar-refractivity contribution in [1.29, 1.82) is 0 Å². The molecular formula is C39H39N5O6. The normalized spacial score (nSPS) is 11.2. The molecule has 0 spiro atoms. The number of rotatable bonds is 13. The monoisotopic (exact) mass is 673 g/mol. The van der Waals surface area contributed by atoms with E-state index in [1.807, 2.05) is 35.1 Å². The molecule has 0 aliphatic heterocycles. The van der Waals surface area contributed by atoms with E-state index >= 15 is 0 Å². The van der Waals surface area contributed by atoms with E-state index in [2.05, 4.69) is 52.7 Å². The fourth-order valence-electron chi connectivity index (χ4n) is 5.90. The molecule has 0 saturated heterocycles. The van der Waals surface area contributed by atoms with Crippen molar-refractivity contribution in [3.05, 3.63) is 124 Å². The number of para-hydroxylation sites is 1. The molecule has 2 aromatic heterocycles. The van der Waals surface area contributed by atoms with Gasteiger partial charge < -0.3 is 24.5 Å². The fourth-order valence-corrected chi connectivity index (χ4v) is 5.90. The molecule has 0 atom stereocenters. The van der Waals surface area contributed by atoms with E-state index in [4.69, 9.17) is 13.9 Å². The predicted octanol–water partition coefficient (Wildman–Crippen LogP) is 6.75. The number of aromatic nitrogens is 2. The molecule has 0 aliphatic carbocycles. The predicted molar refractivity (Wildman–Crippen MR) is 194 cm³/mol. The maximum Gasteiger partial charge on any atom is 0.291 e. The molecule has 256 valence electrons. The van der Waals surface area contributed by atoms with Crippen LogP contribution in [-0.2, 0) is 19.5 Å². The molecule has 2 amide bonds. The molecule has 0 aliphatic rings. The van der Waals surface area contributed by atoms with Gasteiger partial charge in [0.1, 0.15) is 5.58 Å². The highest BCUT2D eigenvalue weighted by Gasteiger charge is 2.21. The van der Waals surface area contributed by atoms with Crippen LogP contribution in [0.2, 0.25) is 0 Å².